The van der Waals surface area contributed by atoms with E-state index in [0.717, 1.165) is 4.88 Å². The summed E-state index contributed by atoms with van der Waals surface area (Å²) in [5.74, 6) is 0. The monoisotopic (exact) mass is 179 g/mol. The molecule has 2 unspecified atom stereocenters. The third kappa shape index (κ3) is 0.961. The molecule has 0 spiro atoms. The highest BCUT2D eigenvalue weighted by atomic mass is 32.1. The maximum Gasteiger partial charge on any atom is 0.178 e. The lowest BCUT2D eigenvalue weighted by atomic mass is 10.1. The lowest BCUT2D eigenvalue weighted by molar-refractivity contribution is 0.325. The molecule has 0 N–H and O–H groups in total. The van der Waals surface area contributed by atoms with Crippen LogP contribution in [0.15, 0.2) is 12.1 Å². The maximum atomic E-state index is 8.64. The van der Waals surface area contributed by atoms with Crippen LogP contribution in [0.3, 0.4) is 0 Å². The van der Waals surface area contributed by atoms with Gasteiger partial charge in [-0.1, -0.05) is 0 Å². The van der Waals surface area contributed by atoms with Gasteiger partial charge in [-0.2, -0.15) is 5.26 Å². The number of hydrogen-bond acceptors (Lipinski definition) is 3. The number of nitriles is 1. The van der Waals surface area contributed by atoms with Crippen LogP contribution in [0.5, 0.6) is 0 Å². The van der Waals surface area contributed by atoms with Crippen molar-refractivity contribution in [3.63, 3.8) is 0 Å². The molecule has 2 heterocycles. The van der Waals surface area contributed by atoms with Gasteiger partial charge in [0.05, 0.1) is 6.07 Å². The SMILES string of the molecule is Cc1ccc(C2(C)OC2C#N)s1. The maximum absolute atomic E-state index is 8.64. The average Bonchev–Trinajstić information content (AvgIpc) is 2.50. The van der Waals surface area contributed by atoms with Gasteiger partial charge in [0.15, 0.2) is 6.10 Å². The first-order chi connectivity index (χ1) is 5.66. The van der Waals surface area contributed by atoms with Gasteiger partial charge in [0.2, 0.25) is 0 Å². The molecule has 0 bridgehead atoms. The molecule has 1 aromatic heterocycles. The number of ether oxygens (including phenoxy) is 1. The van der Waals surface area contributed by atoms with Crippen molar-refractivity contribution in [1.82, 2.24) is 0 Å². The second-order valence-corrected chi connectivity index (χ2v) is 4.43. The third-order valence-corrected chi connectivity index (χ3v) is 3.37. The van der Waals surface area contributed by atoms with Crippen LogP contribution in [0.4, 0.5) is 0 Å². The molecule has 0 radical (unpaired) electrons. The molecular formula is C9H9NOS. The van der Waals surface area contributed by atoms with Crippen LogP contribution in [-0.2, 0) is 10.3 Å². The van der Waals surface area contributed by atoms with Gasteiger partial charge in [-0.05, 0) is 26.0 Å². The molecule has 62 valence electrons. The minimum Gasteiger partial charge on any atom is -0.344 e. The second-order valence-electron chi connectivity index (χ2n) is 3.14. The minimum atomic E-state index is -0.312. The van der Waals surface area contributed by atoms with E-state index >= 15 is 0 Å². The minimum absolute atomic E-state index is 0.240. The second kappa shape index (κ2) is 2.32. The Kier molecular flexibility index (Phi) is 1.50. The molecular weight excluding hydrogens is 170 g/mol. The predicted molar refractivity (Wildman–Crippen MR) is 46.9 cm³/mol. The summed E-state index contributed by atoms with van der Waals surface area (Å²) >= 11 is 1.70. The van der Waals surface area contributed by atoms with E-state index in [1.54, 1.807) is 11.3 Å². The smallest absolute Gasteiger partial charge is 0.178 e. The van der Waals surface area contributed by atoms with Crippen LogP contribution in [0.1, 0.15) is 16.7 Å². The first-order valence-corrected chi connectivity index (χ1v) is 4.63. The number of aryl methyl sites for hydroxylation is 1. The van der Waals surface area contributed by atoms with Crippen LogP contribution < -0.4 is 0 Å². The van der Waals surface area contributed by atoms with Gasteiger partial charge < -0.3 is 4.74 Å². The van der Waals surface area contributed by atoms with E-state index < -0.39 is 0 Å². The van der Waals surface area contributed by atoms with Crippen LogP contribution in [0.25, 0.3) is 0 Å². The number of hydrogen-bond donors (Lipinski definition) is 0. The summed E-state index contributed by atoms with van der Waals surface area (Å²) in [5.41, 5.74) is -0.312. The van der Waals surface area contributed by atoms with Gasteiger partial charge in [-0.3, -0.25) is 0 Å². The fourth-order valence-corrected chi connectivity index (χ4v) is 2.23. The topological polar surface area (TPSA) is 36.3 Å². The van der Waals surface area contributed by atoms with Crippen molar-refractivity contribution in [1.29, 1.82) is 5.26 Å². The van der Waals surface area contributed by atoms with Gasteiger partial charge >= 0.3 is 0 Å². The summed E-state index contributed by atoms with van der Waals surface area (Å²) in [6, 6.07) is 6.22. The lowest BCUT2D eigenvalue weighted by Gasteiger charge is -1.98. The van der Waals surface area contributed by atoms with E-state index in [9.17, 15) is 0 Å². The highest BCUT2D eigenvalue weighted by Crippen LogP contribution is 2.47. The summed E-state index contributed by atoms with van der Waals surface area (Å²) < 4.78 is 5.30. The normalized spacial score (nSPS) is 32.9. The van der Waals surface area contributed by atoms with Gasteiger partial charge in [0, 0.05) is 9.75 Å². The van der Waals surface area contributed by atoms with Gasteiger partial charge in [0.25, 0.3) is 0 Å². The quantitative estimate of drug-likeness (QED) is 0.619. The summed E-state index contributed by atoms with van der Waals surface area (Å²) in [7, 11) is 0. The van der Waals surface area contributed by atoms with E-state index in [2.05, 4.69) is 19.1 Å². The largest absolute Gasteiger partial charge is 0.344 e. The average molecular weight is 179 g/mol. The molecule has 1 aliphatic rings. The molecule has 0 aliphatic carbocycles. The summed E-state index contributed by atoms with van der Waals surface area (Å²) in [6.45, 7) is 4.02. The Morgan fingerprint density at radius 2 is 2.42 bits per heavy atom. The molecule has 0 amide bonds. The molecule has 2 atom stereocenters. The van der Waals surface area contributed by atoms with Crippen molar-refractivity contribution in [2.45, 2.75) is 25.6 Å². The Hall–Kier alpha value is -0.850. The van der Waals surface area contributed by atoms with Crippen molar-refractivity contribution in [3.8, 4) is 6.07 Å². The molecule has 0 saturated carbocycles. The molecule has 12 heavy (non-hydrogen) atoms. The van der Waals surface area contributed by atoms with Crippen LogP contribution in [0.2, 0.25) is 0 Å². The molecule has 3 heteroatoms. The third-order valence-electron chi connectivity index (χ3n) is 2.15. The van der Waals surface area contributed by atoms with E-state index in [0.29, 0.717) is 0 Å². The van der Waals surface area contributed by atoms with Crippen molar-refractivity contribution in [2.24, 2.45) is 0 Å². The Labute approximate surface area is 75.4 Å². The molecule has 2 rings (SSSR count). The highest BCUT2D eigenvalue weighted by Gasteiger charge is 2.55. The van der Waals surface area contributed by atoms with Gasteiger partial charge in [-0.15, -0.1) is 11.3 Å². The van der Waals surface area contributed by atoms with Gasteiger partial charge in [0.1, 0.15) is 5.60 Å². The van der Waals surface area contributed by atoms with Crippen molar-refractivity contribution < 1.29 is 4.74 Å². The molecule has 2 nitrogen and oxygen atoms in total. The number of epoxide rings is 1. The van der Waals surface area contributed by atoms with Gasteiger partial charge in [-0.25, -0.2) is 0 Å². The first kappa shape index (κ1) is 7.78. The van der Waals surface area contributed by atoms with Crippen molar-refractivity contribution in [3.05, 3.63) is 21.9 Å². The molecule has 1 saturated heterocycles. The molecule has 1 aromatic rings. The molecule has 1 fully saturated rings. The zero-order valence-electron chi connectivity index (χ0n) is 7.00. The zero-order valence-corrected chi connectivity index (χ0v) is 7.81. The van der Waals surface area contributed by atoms with E-state index in [1.165, 1.54) is 4.88 Å². The summed E-state index contributed by atoms with van der Waals surface area (Å²) in [6.07, 6.45) is -0.240. The Balaban J connectivity index is 2.29. The standard InChI is InChI=1S/C9H9NOS/c1-6-3-4-8(12-6)9(2)7(5-10)11-9/h3-4,7H,1-2H3. The van der Waals surface area contributed by atoms with Crippen LogP contribution in [-0.4, -0.2) is 6.10 Å². The number of rotatable bonds is 1. The Morgan fingerprint density at radius 3 is 2.83 bits per heavy atom. The van der Waals surface area contributed by atoms with Crippen molar-refractivity contribution >= 4 is 11.3 Å². The lowest BCUT2D eigenvalue weighted by Crippen LogP contribution is -2.02. The van der Waals surface area contributed by atoms with Crippen LogP contribution in [0, 0.1) is 18.3 Å². The fourth-order valence-electron chi connectivity index (χ4n) is 1.25. The Bertz CT molecular complexity index is 352. The summed E-state index contributed by atoms with van der Waals surface area (Å²) in [5, 5.41) is 8.64. The molecule has 1 aliphatic heterocycles. The van der Waals surface area contributed by atoms with E-state index in [-0.39, 0.29) is 11.7 Å². The highest BCUT2D eigenvalue weighted by molar-refractivity contribution is 7.12. The van der Waals surface area contributed by atoms with Crippen molar-refractivity contribution in [2.75, 3.05) is 0 Å². The first-order valence-electron chi connectivity index (χ1n) is 3.81. The Morgan fingerprint density at radius 1 is 1.67 bits per heavy atom. The number of thiophene rings is 1. The van der Waals surface area contributed by atoms with E-state index in [1.807, 2.05) is 13.0 Å². The number of nitrogens with zero attached hydrogens (tertiary/aromatic N) is 1. The summed E-state index contributed by atoms with van der Waals surface area (Å²) in [4.78, 5) is 2.42. The fraction of sp³-hybridized carbons (Fsp3) is 0.444. The zero-order chi connectivity index (χ0) is 8.77. The van der Waals surface area contributed by atoms with E-state index in [4.69, 9.17) is 10.00 Å². The van der Waals surface area contributed by atoms with Crippen LogP contribution >= 0.6 is 11.3 Å². The molecule has 0 aromatic carbocycles. The predicted octanol–water partition coefficient (Wildman–Crippen LogP) is 2.19.